The second kappa shape index (κ2) is 6.01. The van der Waals surface area contributed by atoms with Gasteiger partial charge < -0.3 is 9.47 Å². The average molecular weight is 311 g/mol. The van der Waals surface area contributed by atoms with E-state index in [1.54, 1.807) is 24.3 Å². The van der Waals surface area contributed by atoms with Crippen molar-refractivity contribution in [1.82, 2.24) is 0 Å². The number of methoxy groups -OCH3 is 2. The summed E-state index contributed by atoms with van der Waals surface area (Å²) in [5.41, 5.74) is 0.295. The Kier molecular flexibility index (Phi) is 4.32. The summed E-state index contributed by atoms with van der Waals surface area (Å²) in [4.78, 5) is -0.105. The third kappa shape index (κ3) is 3.25. The van der Waals surface area contributed by atoms with Crippen molar-refractivity contribution in [1.29, 1.82) is 0 Å². The number of hydrogen-bond donors (Lipinski definition) is 1. The highest BCUT2D eigenvalue weighted by molar-refractivity contribution is 7.92. The van der Waals surface area contributed by atoms with Gasteiger partial charge >= 0.3 is 0 Å². The zero-order chi connectivity index (χ0) is 15.5. The molecule has 2 rings (SSSR count). The molecule has 112 valence electrons. The van der Waals surface area contributed by atoms with E-state index in [0.29, 0.717) is 11.4 Å². The van der Waals surface area contributed by atoms with Crippen LogP contribution in [0.2, 0.25) is 0 Å². The van der Waals surface area contributed by atoms with Gasteiger partial charge in [-0.3, -0.25) is 4.72 Å². The van der Waals surface area contributed by atoms with Gasteiger partial charge in [0.15, 0.2) is 11.6 Å². The van der Waals surface area contributed by atoms with E-state index >= 15 is 0 Å². The van der Waals surface area contributed by atoms with Gasteiger partial charge in [-0.25, -0.2) is 12.8 Å². The Morgan fingerprint density at radius 3 is 2.33 bits per heavy atom. The molecule has 0 aliphatic carbocycles. The fourth-order valence-electron chi connectivity index (χ4n) is 1.74. The number of ether oxygens (including phenoxy) is 2. The molecule has 21 heavy (non-hydrogen) atoms. The Balaban J connectivity index is 2.38. The highest BCUT2D eigenvalue weighted by Gasteiger charge is 2.18. The van der Waals surface area contributed by atoms with Gasteiger partial charge in [-0.15, -0.1) is 0 Å². The zero-order valence-corrected chi connectivity index (χ0v) is 12.3. The van der Waals surface area contributed by atoms with E-state index in [2.05, 4.69) is 4.72 Å². The minimum atomic E-state index is -3.87. The van der Waals surface area contributed by atoms with Crippen LogP contribution >= 0.6 is 0 Å². The van der Waals surface area contributed by atoms with Crippen molar-refractivity contribution in [3.05, 3.63) is 48.3 Å². The molecule has 2 aromatic rings. The van der Waals surface area contributed by atoms with E-state index in [9.17, 15) is 12.8 Å². The summed E-state index contributed by atoms with van der Waals surface area (Å²) in [6, 6.07) is 9.90. The smallest absolute Gasteiger partial charge is 0.262 e. The minimum absolute atomic E-state index is 0.105. The molecule has 2 aromatic carbocycles. The van der Waals surface area contributed by atoms with E-state index in [4.69, 9.17) is 9.47 Å². The summed E-state index contributed by atoms with van der Waals surface area (Å²) in [5, 5.41) is 0. The molecular formula is C14H14FNO4S. The summed E-state index contributed by atoms with van der Waals surface area (Å²) in [5.74, 6) is -0.387. The van der Waals surface area contributed by atoms with Crippen molar-refractivity contribution in [2.24, 2.45) is 0 Å². The van der Waals surface area contributed by atoms with Crippen molar-refractivity contribution in [2.45, 2.75) is 4.90 Å². The lowest BCUT2D eigenvalue weighted by Crippen LogP contribution is -2.14. The Labute approximate surface area is 122 Å². The van der Waals surface area contributed by atoms with Crippen LogP contribution in [0, 0.1) is 5.82 Å². The van der Waals surface area contributed by atoms with Gasteiger partial charge in [0.2, 0.25) is 0 Å². The molecule has 0 unspecified atom stereocenters. The van der Waals surface area contributed by atoms with Gasteiger partial charge in [-0.2, -0.15) is 0 Å². The molecule has 0 spiro atoms. The second-order valence-electron chi connectivity index (χ2n) is 4.10. The van der Waals surface area contributed by atoms with Crippen molar-refractivity contribution in [3.8, 4) is 11.5 Å². The maximum atomic E-state index is 13.3. The summed E-state index contributed by atoms with van der Waals surface area (Å²) in [6.45, 7) is 0. The molecule has 0 fully saturated rings. The highest BCUT2D eigenvalue weighted by Crippen LogP contribution is 2.27. The van der Waals surface area contributed by atoms with Crippen molar-refractivity contribution in [2.75, 3.05) is 18.9 Å². The largest absolute Gasteiger partial charge is 0.495 e. The Bertz CT molecular complexity index is 746. The lowest BCUT2D eigenvalue weighted by Gasteiger charge is -2.12. The van der Waals surface area contributed by atoms with Gasteiger partial charge in [0, 0.05) is 6.07 Å². The van der Waals surface area contributed by atoms with Crippen LogP contribution in [0.3, 0.4) is 0 Å². The number of benzene rings is 2. The van der Waals surface area contributed by atoms with E-state index in [0.717, 1.165) is 18.2 Å². The van der Waals surface area contributed by atoms with Crippen LogP contribution in [0.5, 0.6) is 11.5 Å². The average Bonchev–Trinajstić information content (AvgIpc) is 2.47. The van der Waals surface area contributed by atoms with E-state index in [-0.39, 0.29) is 10.6 Å². The molecule has 1 N–H and O–H groups in total. The molecule has 0 saturated carbocycles. The van der Waals surface area contributed by atoms with Gasteiger partial charge in [0.05, 0.1) is 24.8 Å². The molecule has 0 radical (unpaired) electrons. The molecule has 0 amide bonds. The second-order valence-corrected chi connectivity index (χ2v) is 5.78. The SMILES string of the molecule is COc1cc(S(=O)(=O)Nc2ccccc2OC)ccc1F. The standard InChI is InChI=1S/C14H14FNO4S/c1-19-13-6-4-3-5-12(13)16-21(17,18)10-7-8-11(15)14(9-10)20-2/h3-9,16H,1-2H3. The third-order valence-corrected chi connectivity index (χ3v) is 4.15. The first-order valence-electron chi connectivity index (χ1n) is 5.97. The molecule has 0 bridgehead atoms. The van der Waals surface area contributed by atoms with E-state index in [1.165, 1.54) is 14.2 Å². The van der Waals surface area contributed by atoms with Crippen LogP contribution in [0.4, 0.5) is 10.1 Å². The predicted molar refractivity (Wildman–Crippen MR) is 76.8 cm³/mol. The number of anilines is 1. The lowest BCUT2D eigenvalue weighted by atomic mass is 10.3. The number of rotatable bonds is 5. The van der Waals surface area contributed by atoms with Crippen molar-refractivity contribution < 1.29 is 22.3 Å². The van der Waals surface area contributed by atoms with Crippen molar-refractivity contribution >= 4 is 15.7 Å². The van der Waals surface area contributed by atoms with Crippen LogP contribution in [-0.4, -0.2) is 22.6 Å². The first-order chi connectivity index (χ1) is 9.97. The maximum Gasteiger partial charge on any atom is 0.262 e. The van der Waals surface area contributed by atoms with Crippen molar-refractivity contribution in [3.63, 3.8) is 0 Å². The molecule has 0 saturated heterocycles. The molecular weight excluding hydrogens is 297 g/mol. The summed E-state index contributed by atoms with van der Waals surface area (Å²) in [6.07, 6.45) is 0. The van der Waals surface area contributed by atoms with Crippen LogP contribution in [0.15, 0.2) is 47.4 Å². The fourth-order valence-corrected chi connectivity index (χ4v) is 2.83. The summed E-state index contributed by atoms with van der Waals surface area (Å²) in [7, 11) is -1.17. The topological polar surface area (TPSA) is 64.6 Å². The van der Waals surface area contributed by atoms with Crippen LogP contribution < -0.4 is 14.2 Å². The van der Waals surface area contributed by atoms with Gasteiger partial charge in [-0.05, 0) is 24.3 Å². The number of nitrogens with one attached hydrogen (secondary N) is 1. The fraction of sp³-hybridized carbons (Fsp3) is 0.143. The summed E-state index contributed by atoms with van der Waals surface area (Å²) >= 11 is 0. The van der Waals surface area contributed by atoms with Crippen LogP contribution in [-0.2, 0) is 10.0 Å². The minimum Gasteiger partial charge on any atom is -0.495 e. The zero-order valence-electron chi connectivity index (χ0n) is 11.5. The first-order valence-corrected chi connectivity index (χ1v) is 7.45. The Hall–Kier alpha value is -2.28. The quantitative estimate of drug-likeness (QED) is 0.922. The highest BCUT2D eigenvalue weighted by atomic mass is 32.2. The molecule has 0 aromatic heterocycles. The predicted octanol–water partition coefficient (Wildman–Crippen LogP) is 2.64. The molecule has 0 atom stereocenters. The molecule has 0 aliphatic rings. The molecule has 0 heterocycles. The first kappa shape index (κ1) is 15.1. The number of hydrogen-bond acceptors (Lipinski definition) is 4. The number of para-hydroxylation sites is 2. The maximum absolute atomic E-state index is 13.3. The Morgan fingerprint density at radius 2 is 1.67 bits per heavy atom. The van der Waals surface area contributed by atoms with Crippen LogP contribution in [0.25, 0.3) is 0 Å². The molecule has 5 nitrogen and oxygen atoms in total. The summed E-state index contributed by atoms with van der Waals surface area (Å²) < 4.78 is 50.2. The van der Waals surface area contributed by atoms with Gasteiger partial charge in [0.25, 0.3) is 10.0 Å². The number of halogens is 1. The lowest BCUT2D eigenvalue weighted by molar-refractivity contribution is 0.385. The van der Waals surface area contributed by atoms with Gasteiger partial charge in [-0.1, -0.05) is 12.1 Å². The van der Waals surface area contributed by atoms with E-state index < -0.39 is 15.8 Å². The molecule has 7 heteroatoms. The van der Waals surface area contributed by atoms with Gasteiger partial charge in [0.1, 0.15) is 5.75 Å². The Morgan fingerprint density at radius 1 is 1.00 bits per heavy atom. The monoisotopic (exact) mass is 311 g/mol. The van der Waals surface area contributed by atoms with Crippen LogP contribution in [0.1, 0.15) is 0 Å². The molecule has 0 aliphatic heterocycles. The normalized spacial score (nSPS) is 11.0. The number of sulfonamides is 1. The van der Waals surface area contributed by atoms with E-state index in [1.807, 2.05) is 0 Å². The third-order valence-electron chi connectivity index (χ3n) is 2.78.